The lowest BCUT2D eigenvalue weighted by molar-refractivity contribution is 0.193. The molecule has 1 aromatic heterocycles. The number of pyridine rings is 1. The number of aromatic nitrogens is 1. The van der Waals surface area contributed by atoms with Crippen molar-refractivity contribution in [3.8, 4) is 11.5 Å². The Morgan fingerprint density at radius 2 is 1.95 bits per heavy atom. The number of anilines is 1. The number of hydrogen-bond acceptors (Lipinski definition) is 4. The highest BCUT2D eigenvalue weighted by molar-refractivity contribution is 5.49. The minimum absolute atomic E-state index is 0.0913. The summed E-state index contributed by atoms with van der Waals surface area (Å²) in [7, 11) is 1.66. The largest absolute Gasteiger partial charge is 0.450 e. The number of hydrogen-bond donors (Lipinski definition) is 1. The minimum atomic E-state index is -0.787. The van der Waals surface area contributed by atoms with E-state index in [0.717, 1.165) is 37.0 Å². The van der Waals surface area contributed by atoms with Crippen molar-refractivity contribution in [1.29, 1.82) is 0 Å². The highest BCUT2D eigenvalue weighted by Crippen LogP contribution is 2.29. The third-order valence-electron chi connectivity index (χ3n) is 3.12. The van der Waals surface area contributed by atoms with Gasteiger partial charge in [0.2, 0.25) is 0 Å². The molecule has 118 valence electrons. The van der Waals surface area contributed by atoms with E-state index in [4.69, 9.17) is 15.2 Å². The van der Waals surface area contributed by atoms with Gasteiger partial charge in [-0.2, -0.15) is 0 Å². The van der Waals surface area contributed by atoms with Crippen LogP contribution in [0.15, 0.2) is 30.5 Å². The zero-order valence-corrected chi connectivity index (χ0v) is 12.3. The van der Waals surface area contributed by atoms with Crippen LogP contribution in [-0.2, 0) is 11.2 Å². The number of benzene rings is 1. The van der Waals surface area contributed by atoms with Crippen molar-refractivity contribution in [3.63, 3.8) is 0 Å². The molecule has 4 nitrogen and oxygen atoms in total. The van der Waals surface area contributed by atoms with Crippen molar-refractivity contribution >= 4 is 5.82 Å². The molecule has 0 fully saturated rings. The van der Waals surface area contributed by atoms with Crippen LogP contribution in [0.2, 0.25) is 0 Å². The molecule has 0 bridgehead atoms. The Kier molecular flexibility index (Phi) is 5.66. The first-order chi connectivity index (χ1) is 10.6. The minimum Gasteiger partial charge on any atom is -0.450 e. The Labute approximate surface area is 127 Å². The molecule has 0 radical (unpaired) electrons. The van der Waals surface area contributed by atoms with Gasteiger partial charge in [0.15, 0.2) is 23.1 Å². The molecule has 2 N–H and O–H groups in total. The van der Waals surface area contributed by atoms with Crippen molar-refractivity contribution in [2.45, 2.75) is 19.3 Å². The number of ether oxygens (including phenoxy) is 2. The first kappa shape index (κ1) is 16.2. The van der Waals surface area contributed by atoms with E-state index in [0.29, 0.717) is 6.61 Å². The molecular weight excluding hydrogens is 290 g/mol. The molecule has 0 saturated carbocycles. The summed E-state index contributed by atoms with van der Waals surface area (Å²) in [5.41, 5.74) is 6.67. The zero-order chi connectivity index (χ0) is 15.9. The molecule has 0 aliphatic carbocycles. The van der Waals surface area contributed by atoms with Crippen molar-refractivity contribution in [1.82, 2.24) is 4.98 Å². The number of rotatable bonds is 7. The molecule has 1 aromatic carbocycles. The Morgan fingerprint density at radius 3 is 2.68 bits per heavy atom. The van der Waals surface area contributed by atoms with Gasteiger partial charge in [0, 0.05) is 26.0 Å². The molecule has 6 heteroatoms. The smallest absolute Gasteiger partial charge is 0.169 e. The normalized spacial score (nSPS) is 10.7. The molecule has 2 aromatic rings. The van der Waals surface area contributed by atoms with Crippen molar-refractivity contribution < 1.29 is 18.3 Å². The lowest BCUT2D eigenvalue weighted by atomic mass is 10.1. The second-order valence-corrected chi connectivity index (χ2v) is 4.85. The highest BCUT2D eigenvalue weighted by Gasteiger charge is 2.10. The molecule has 0 unspecified atom stereocenters. The van der Waals surface area contributed by atoms with E-state index in [1.54, 1.807) is 19.4 Å². The third kappa shape index (κ3) is 4.39. The Hall–Kier alpha value is -2.21. The van der Waals surface area contributed by atoms with E-state index >= 15 is 0 Å². The van der Waals surface area contributed by atoms with Crippen molar-refractivity contribution in [2.75, 3.05) is 19.5 Å². The maximum Gasteiger partial charge on any atom is 0.169 e. The molecule has 22 heavy (non-hydrogen) atoms. The molecular formula is C16H18F2N2O2. The Bertz CT molecular complexity index is 636. The quantitative estimate of drug-likeness (QED) is 0.792. The van der Waals surface area contributed by atoms with Crippen LogP contribution in [0, 0.1) is 11.6 Å². The standard InChI is InChI=1S/C16H18F2N2O2/c1-21-7-3-2-4-11-8-15(16(19)20-10-11)22-14-6-5-12(17)9-13(14)18/h5-6,8-10H,2-4,7H2,1H3,(H2,19,20). The summed E-state index contributed by atoms with van der Waals surface area (Å²) < 4.78 is 36.9. The van der Waals surface area contributed by atoms with Gasteiger partial charge in [0.1, 0.15) is 5.82 Å². The van der Waals surface area contributed by atoms with Gasteiger partial charge in [-0.15, -0.1) is 0 Å². The monoisotopic (exact) mass is 308 g/mol. The van der Waals surface area contributed by atoms with Crippen LogP contribution >= 0.6 is 0 Å². The van der Waals surface area contributed by atoms with Gasteiger partial charge in [0.05, 0.1) is 0 Å². The van der Waals surface area contributed by atoms with Crippen LogP contribution in [0.5, 0.6) is 11.5 Å². The summed E-state index contributed by atoms with van der Waals surface area (Å²) in [6, 6.07) is 4.82. The van der Waals surface area contributed by atoms with E-state index in [-0.39, 0.29) is 17.3 Å². The zero-order valence-electron chi connectivity index (χ0n) is 12.3. The first-order valence-electron chi connectivity index (χ1n) is 6.96. The van der Waals surface area contributed by atoms with Crippen LogP contribution in [0.4, 0.5) is 14.6 Å². The first-order valence-corrected chi connectivity index (χ1v) is 6.96. The maximum absolute atomic E-state index is 13.6. The van der Waals surface area contributed by atoms with E-state index in [9.17, 15) is 8.78 Å². The number of halogens is 2. The molecule has 0 saturated heterocycles. The number of aryl methyl sites for hydroxylation is 1. The molecule has 1 heterocycles. The van der Waals surface area contributed by atoms with Crippen LogP contribution < -0.4 is 10.5 Å². The predicted octanol–water partition coefficient (Wildman–Crippen LogP) is 3.70. The van der Waals surface area contributed by atoms with Gasteiger partial charge < -0.3 is 15.2 Å². The van der Waals surface area contributed by atoms with E-state index in [1.165, 1.54) is 6.07 Å². The second-order valence-electron chi connectivity index (χ2n) is 4.85. The SMILES string of the molecule is COCCCCc1cnc(N)c(Oc2ccc(F)cc2F)c1. The Morgan fingerprint density at radius 1 is 1.14 bits per heavy atom. The van der Waals surface area contributed by atoms with Crippen LogP contribution in [0.25, 0.3) is 0 Å². The van der Waals surface area contributed by atoms with Gasteiger partial charge in [-0.25, -0.2) is 13.8 Å². The highest BCUT2D eigenvalue weighted by atomic mass is 19.1. The predicted molar refractivity (Wildman–Crippen MR) is 79.9 cm³/mol. The number of nitrogen functional groups attached to an aromatic ring is 1. The average Bonchev–Trinajstić information content (AvgIpc) is 2.49. The van der Waals surface area contributed by atoms with Crippen LogP contribution in [-0.4, -0.2) is 18.7 Å². The lowest BCUT2D eigenvalue weighted by Crippen LogP contribution is -1.99. The number of unbranched alkanes of at least 4 members (excludes halogenated alkanes) is 1. The van der Waals surface area contributed by atoms with Crippen molar-refractivity contribution in [3.05, 3.63) is 47.7 Å². The number of nitrogens with zero attached hydrogens (tertiary/aromatic N) is 1. The third-order valence-corrected chi connectivity index (χ3v) is 3.12. The van der Waals surface area contributed by atoms with Crippen LogP contribution in [0.1, 0.15) is 18.4 Å². The van der Waals surface area contributed by atoms with E-state index < -0.39 is 11.6 Å². The van der Waals surface area contributed by atoms with E-state index in [1.807, 2.05) is 0 Å². The fourth-order valence-electron chi connectivity index (χ4n) is 1.97. The summed E-state index contributed by atoms with van der Waals surface area (Å²) in [6.07, 6.45) is 4.32. The van der Waals surface area contributed by atoms with Gasteiger partial charge in [-0.3, -0.25) is 0 Å². The second kappa shape index (κ2) is 7.70. The van der Waals surface area contributed by atoms with Gasteiger partial charge in [-0.1, -0.05) is 0 Å². The summed E-state index contributed by atoms with van der Waals surface area (Å²) >= 11 is 0. The molecule has 0 spiro atoms. The van der Waals surface area contributed by atoms with Gasteiger partial charge in [-0.05, 0) is 43.0 Å². The average molecular weight is 308 g/mol. The van der Waals surface area contributed by atoms with Gasteiger partial charge >= 0.3 is 0 Å². The summed E-state index contributed by atoms with van der Waals surface area (Å²) in [5.74, 6) is -1.13. The molecule has 0 aliphatic rings. The number of methoxy groups -OCH3 is 1. The van der Waals surface area contributed by atoms with E-state index in [2.05, 4.69) is 4.98 Å². The lowest BCUT2D eigenvalue weighted by Gasteiger charge is -2.10. The van der Waals surface area contributed by atoms with Gasteiger partial charge in [0.25, 0.3) is 0 Å². The summed E-state index contributed by atoms with van der Waals surface area (Å²) in [4.78, 5) is 4.05. The summed E-state index contributed by atoms with van der Waals surface area (Å²) in [6.45, 7) is 0.701. The Balaban J connectivity index is 2.09. The van der Waals surface area contributed by atoms with Crippen LogP contribution in [0.3, 0.4) is 0 Å². The molecule has 0 amide bonds. The van der Waals surface area contributed by atoms with Crippen molar-refractivity contribution in [2.24, 2.45) is 0 Å². The summed E-state index contributed by atoms with van der Waals surface area (Å²) in [5, 5.41) is 0. The fourth-order valence-corrected chi connectivity index (χ4v) is 1.97. The number of nitrogens with two attached hydrogens (primary N) is 1. The fraction of sp³-hybridized carbons (Fsp3) is 0.312. The molecule has 0 atom stereocenters. The topological polar surface area (TPSA) is 57.4 Å². The maximum atomic E-state index is 13.6. The molecule has 0 aliphatic heterocycles. The molecule has 2 rings (SSSR count).